The molecule has 1 atom stereocenters. The number of benzene rings is 3. The van der Waals surface area contributed by atoms with Crippen molar-refractivity contribution >= 4 is 11.0 Å². The highest BCUT2D eigenvalue weighted by Gasteiger charge is 2.18. The predicted molar refractivity (Wildman–Crippen MR) is 117 cm³/mol. The van der Waals surface area contributed by atoms with Crippen LogP contribution in [0.25, 0.3) is 11.0 Å². The molecule has 0 amide bonds. The fourth-order valence-corrected chi connectivity index (χ4v) is 3.80. The molecular weight excluding hydrogens is 358 g/mol. The topological polar surface area (TPSA) is 46.8 Å². The second-order valence-electron chi connectivity index (χ2n) is 7.76. The summed E-state index contributed by atoms with van der Waals surface area (Å²) < 4.78 is 5.46. The largest absolute Gasteiger partial charge is 0.423 e. The average molecular weight is 384 g/mol. The van der Waals surface area contributed by atoms with E-state index in [2.05, 4.69) is 73.8 Å². The normalized spacial score (nSPS) is 12.2. The first kappa shape index (κ1) is 19.2. The number of aryl methyl sites for hydroxylation is 3. The first-order valence-corrected chi connectivity index (χ1v) is 10.00. The van der Waals surface area contributed by atoms with Gasteiger partial charge in [-0.3, -0.25) is 0 Å². The van der Waals surface area contributed by atoms with Crippen molar-refractivity contribution in [3.63, 3.8) is 0 Å². The number of hydrogen-bond acceptors (Lipinski definition) is 2. The molecule has 0 unspecified atom stereocenters. The third-order valence-corrected chi connectivity index (χ3v) is 5.61. The maximum Gasteiger partial charge on any atom is 0.336 e. The van der Waals surface area contributed by atoms with Gasteiger partial charge in [-0.15, -0.1) is 0 Å². The number of rotatable bonds is 5. The zero-order valence-electron chi connectivity index (χ0n) is 17.1. The predicted octanol–water partition coefficient (Wildman–Crippen LogP) is 4.57. The Bertz CT molecular complexity index is 1190. The lowest BCUT2D eigenvalue weighted by molar-refractivity contribution is -0.702. The zero-order chi connectivity index (χ0) is 20.4. The SMILES string of the molecule is Cc1ccc([C@H]([NH2+]Cc2cc(=O)oc3cc(C)c(C)cc23)c2ccccc2)cc1. The summed E-state index contributed by atoms with van der Waals surface area (Å²) >= 11 is 0. The van der Waals surface area contributed by atoms with Gasteiger partial charge in [0.2, 0.25) is 0 Å². The molecule has 0 radical (unpaired) electrons. The minimum atomic E-state index is -0.296. The van der Waals surface area contributed by atoms with E-state index in [9.17, 15) is 4.79 Å². The van der Waals surface area contributed by atoms with Gasteiger partial charge in [-0.2, -0.15) is 0 Å². The smallest absolute Gasteiger partial charge is 0.336 e. The van der Waals surface area contributed by atoms with Gasteiger partial charge in [0.05, 0.1) is 0 Å². The summed E-state index contributed by atoms with van der Waals surface area (Å²) in [6, 6.07) is 25.1. The summed E-state index contributed by atoms with van der Waals surface area (Å²) in [5, 5.41) is 3.31. The van der Waals surface area contributed by atoms with Gasteiger partial charge in [0.15, 0.2) is 0 Å². The van der Waals surface area contributed by atoms with Crippen molar-refractivity contribution in [3.8, 4) is 0 Å². The van der Waals surface area contributed by atoms with Gasteiger partial charge < -0.3 is 9.73 Å². The van der Waals surface area contributed by atoms with E-state index in [-0.39, 0.29) is 11.7 Å². The molecule has 0 saturated carbocycles. The van der Waals surface area contributed by atoms with Gasteiger partial charge >= 0.3 is 5.63 Å². The Morgan fingerprint density at radius 2 is 1.48 bits per heavy atom. The van der Waals surface area contributed by atoms with Gasteiger partial charge in [0.1, 0.15) is 18.2 Å². The number of quaternary nitrogens is 1. The molecule has 3 heteroatoms. The van der Waals surface area contributed by atoms with Crippen LogP contribution >= 0.6 is 0 Å². The lowest BCUT2D eigenvalue weighted by Crippen LogP contribution is -2.84. The van der Waals surface area contributed by atoms with Crippen molar-refractivity contribution in [2.24, 2.45) is 0 Å². The molecule has 0 fully saturated rings. The molecule has 0 aliphatic heterocycles. The van der Waals surface area contributed by atoms with E-state index >= 15 is 0 Å². The highest BCUT2D eigenvalue weighted by atomic mass is 16.4. The lowest BCUT2D eigenvalue weighted by Gasteiger charge is -2.17. The van der Waals surface area contributed by atoms with Gasteiger partial charge in [-0.05, 0) is 44.0 Å². The molecular formula is C26H26NO2+. The first-order chi connectivity index (χ1) is 14.0. The number of hydrogen-bond donors (Lipinski definition) is 1. The average Bonchev–Trinajstić information content (AvgIpc) is 2.71. The fourth-order valence-electron chi connectivity index (χ4n) is 3.80. The highest BCUT2D eigenvalue weighted by Crippen LogP contribution is 2.22. The summed E-state index contributed by atoms with van der Waals surface area (Å²) in [5.41, 5.74) is 7.45. The molecule has 1 heterocycles. The van der Waals surface area contributed by atoms with E-state index in [4.69, 9.17) is 4.42 Å². The fraction of sp³-hybridized carbons (Fsp3) is 0.192. The highest BCUT2D eigenvalue weighted by molar-refractivity contribution is 5.81. The molecule has 0 saturated heterocycles. The summed E-state index contributed by atoms with van der Waals surface area (Å²) in [6.45, 7) is 6.92. The molecule has 0 spiro atoms. The summed E-state index contributed by atoms with van der Waals surface area (Å²) in [4.78, 5) is 12.1. The van der Waals surface area contributed by atoms with Crippen LogP contribution in [0.2, 0.25) is 0 Å². The van der Waals surface area contributed by atoms with Crippen LogP contribution in [0.1, 0.15) is 39.4 Å². The van der Waals surface area contributed by atoms with Crippen LogP contribution in [-0.2, 0) is 6.54 Å². The monoisotopic (exact) mass is 384 g/mol. The van der Waals surface area contributed by atoms with Gasteiger partial charge in [-0.25, -0.2) is 4.79 Å². The molecule has 3 nitrogen and oxygen atoms in total. The zero-order valence-corrected chi connectivity index (χ0v) is 17.1. The Balaban J connectivity index is 1.72. The van der Waals surface area contributed by atoms with Crippen molar-refractivity contribution in [1.29, 1.82) is 0 Å². The van der Waals surface area contributed by atoms with Crippen molar-refractivity contribution in [2.45, 2.75) is 33.4 Å². The van der Waals surface area contributed by atoms with Crippen LogP contribution in [0.5, 0.6) is 0 Å². The van der Waals surface area contributed by atoms with Gasteiger partial charge in [0, 0.05) is 28.1 Å². The summed E-state index contributed by atoms with van der Waals surface area (Å²) in [5.74, 6) is 0. The van der Waals surface area contributed by atoms with E-state index in [1.54, 1.807) is 6.07 Å². The van der Waals surface area contributed by atoms with Crippen LogP contribution in [0.4, 0.5) is 0 Å². The minimum absolute atomic E-state index is 0.158. The second kappa shape index (κ2) is 8.06. The van der Waals surface area contributed by atoms with Crippen molar-refractivity contribution in [2.75, 3.05) is 0 Å². The number of fused-ring (bicyclic) bond motifs is 1. The molecule has 29 heavy (non-hydrogen) atoms. The number of nitrogens with two attached hydrogens (primary N) is 1. The molecule has 0 bridgehead atoms. The van der Waals surface area contributed by atoms with E-state index in [0.717, 1.165) is 16.5 Å². The van der Waals surface area contributed by atoms with Gasteiger partial charge in [0.25, 0.3) is 0 Å². The third-order valence-electron chi connectivity index (χ3n) is 5.61. The molecule has 0 aliphatic rings. The standard InChI is InChI=1S/C26H25NO2/c1-17-9-11-21(12-10-17)26(20-7-5-4-6-8-20)27-16-22-15-25(28)29-24-14-19(3)18(2)13-23(22)24/h4-15,26-27H,16H2,1-3H3/p+1/t26-/m1/s1. The minimum Gasteiger partial charge on any atom is -0.423 e. The third kappa shape index (κ3) is 4.15. The molecule has 0 aliphatic carbocycles. The van der Waals surface area contributed by atoms with E-state index < -0.39 is 0 Å². The van der Waals surface area contributed by atoms with Crippen LogP contribution in [0, 0.1) is 20.8 Å². The Morgan fingerprint density at radius 1 is 0.828 bits per heavy atom. The Hall–Kier alpha value is -3.17. The van der Waals surface area contributed by atoms with Crippen molar-refractivity contribution in [1.82, 2.24) is 0 Å². The lowest BCUT2D eigenvalue weighted by atomic mass is 9.97. The van der Waals surface area contributed by atoms with Crippen LogP contribution in [0.15, 0.2) is 82.0 Å². The summed E-state index contributed by atoms with van der Waals surface area (Å²) in [7, 11) is 0. The molecule has 146 valence electrons. The summed E-state index contributed by atoms with van der Waals surface area (Å²) in [6.07, 6.45) is 0. The maximum absolute atomic E-state index is 12.1. The Kier molecular flexibility index (Phi) is 5.32. The van der Waals surface area contributed by atoms with E-state index in [1.807, 2.05) is 19.1 Å². The molecule has 3 aromatic carbocycles. The molecule has 4 rings (SSSR count). The Morgan fingerprint density at radius 3 is 2.21 bits per heavy atom. The molecule has 1 aromatic heterocycles. The quantitative estimate of drug-likeness (QED) is 0.512. The first-order valence-electron chi connectivity index (χ1n) is 10.00. The van der Waals surface area contributed by atoms with Crippen LogP contribution < -0.4 is 10.9 Å². The van der Waals surface area contributed by atoms with E-state index in [0.29, 0.717) is 12.1 Å². The van der Waals surface area contributed by atoms with Crippen molar-refractivity contribution < 1.29 is 9.73 Å². The molecule has 4 aromatic rings. The Labute approximate surface area is 171 Å². The van der Waals surface area contributed by atoms with Crippen molar-refractivity contribution in [3.05, 3.63) is 117 Å². The maximum atomic E-state index is 12.1. The van der Waals surface area contributed by atoms with Crippen LogP contribution in [0.3, 0.4) is 0 Å². The second-order valence-corrected chi connectivity index (χ2v) is 7.76. The molecule has 2 N–H and O–H groups in total. The van der Waals surface area contributed by atoms with Gasteiger partial charge in [-0.1, -0.05) is 60.2 Å². The van der Waals surface area contributed by atoms with Crippen LogP contribution in [-0.4, -0.2) is 0 Å². The van der Waals surface area contributed by atoms with E-state index in [1.165, 1.54) is 22.3 Å².